The van der Waals surface area contributed by atoms with E-state index in [4.69, 9.17) is 17.3 Å². The molecule has 0 aliphatic carbocycles. The molecule has 0 radical (unpaired) electrons. The van der Waals surface area contributed by atoms with Gasteiger partial charge in [-0.15, -0.1) is 0 Å². The van der Waals surface area contributed by atoms with Gasteiger partial charge in [0, 0.05) is 11.9 Å². The van der Waals surface area contributed by atoms with Crippen LogP contribution in [0.25, 0.3) is 0 Å². The van der Waals surface area contributed by atoms with Gasteiger partial charge in [0.15, 0.2) is 14.0 Å². The highest BCUT2D eigenvalue weighted by molar-refractivity contribution is 7.93. The second-order valence-electron chi connectivity index (χ2n) is 3.83. The highest BCUT2D eigenvalue weighted by atomic mass is 35.5. The molecule has 0 aliphatic heterocycles. The molecule has 0 unspecified atom stereocenters. The number of aliphatic hydroxyl groups excluding tert-OH is 1. The van der Waals surface area contributed by atoms with Crippen molar-refractivity contribution in [1.29, 1.82) is 0 Å². The summed E-state index contributed by atoms with van der Waals surface area (Å²) < 4.78 is 21.1. The number of anilines is 1. The van der Waals surface area contributed by atoms with Crippen molar-refractivity contribution in [2.24, 2.45) is 0 Å². The zero-order valence-corrected chi connectivity index (χ0v) is 10.6. The highest BCUT2D eigenvalue weighted by Gasteiger charge is 2.41. The number of sulfone groups is 1. The van der Waals surface area contributed by atoms with Crippen LogP contribution in [0.3, 0.4) is 0 Å². The van der Waals surface area contributed by atoms with Crippen LogP contribution in [0, 0.1) is 0 Å². The summed E-state index contributed by atoms with van der Waals surface area (Å²) in [5, 5.41) is 9.92. The van der Waals surface area contributed by atoms with Crippen LogP contribution in [0.1, 0.15) is 18.6 Å². The van der Waals surface area contributed by atoms with Crippen LogP contribution in [0.15, 0.2) is 24.3 Å². The first-order valence-electron chi connectivity index (χ1n) is 4.58. The fourth-order valence-corrected chi connectivity index (χ4v) is 1.85. The average molecular weight is 264 g/mol. The summed E-state index contributed by atoms with van der Waals surface area (Å²) in [4.78, 5) is 0. The summed E-state index contributed by atoms with van der Waals surface area (Å²) in [6.45, 7) is 1.27. The Morgan fingerprint density at radius 3 is 2.19 bits per heavy atom. The number of hydrogen-bond acceptors (Lipinski definition) is 4. The molecule has 4 nitrogen and oxygen atoms in total. The van der Waals surface area contributed by atoms with Crippen LogP contribution in [0.2, 0.25) is 0 Å². The third kappa shape index (κ3) is 2.48. The molecule has 2 atom stereocenters. The minimum absolute atomic E-state index is 0.414. The van der Waals surface area contributed by atoms with Gasteiger partial charge in [-0.25, -0.2) is 8.42 Å². The molecule has 0 heterocycles. The minimum atomic E-state index is -3.58. The zero-order valence-electron chi connectivity index (χ0n) is 9.01. The van der Waals surface area contributed by atoms with E-state index in [0.29, 0.717) is 11.3 Å². The van der Waals surface area contributed by atoms with Crippen LogP contribution in [0.5, 0.6) is 0 Å². The molecule has 0 saturated carbocycles. The first-order valence-corrected chi connectivity index (χ1v) is 6.85. The largest absolute Gasteiger partial charge is 0.399 e. The number of nitrogens with two attached hydrogens (primary N) is 1. The normalized spacial score (nSPS) is 17.8. The SMILES string of the molecule is C[C@@](Cl)([C@@H](O)c1ccc(N)cc1)S(C)(=O)=O. The number of rotatable bonds is 3. The maximum atomic E-state index is 11.4. The lowest BCUT2D eigenvalue weighted by Gasteiger charge is -2.26. The Labute approximate surface area is 100.0 Å². The van der Waals surface area contributed by atoms with Crippen LogP contribution in [-0.2, 0) is 9.84 Å². The summed E-state index contributed by atoms with van der Waals surface area (Å²) in [5.74, 6) is 0. The van der Waals surface area contributed by atoms with Gasteiger partial charge in [-0.05, 0) is 24.6 Å². The summed E-state index contributed by atoms with van der Waals surface area (Å²) >= 11 is 5.87. The molecule has 0 fully saturated rings. The summed E-state index contributed by atoms with van der Waals surface area (Å²) in [7, 11) is -3.58. The van der Waals surface area contributed by atoms with Gasteiger partial charge >= 0.3 is 0 Å². The lowest BCUT2D eigenvalue weighted by Crippen LogP contribution is -2.35. The molecule has 0 amide bonds. The van der Waals surface area contributed by atoms with Gasteiger partial charge in [-0.3, -0.25) is 0 Å². The second kappa shape index (κ2) is 4.24. The Bertz CT molecular complexity index is 467. The first-order chi connectivity index (χ1) is 7.16. The fraction of sp³-hybridized carbons (Fsp3) is 0.400. The molecule has 6 heteroatoms. The van der Waals surface area contributed by atoms with Crippen molar-refractivity contribution in [3.05, 3.63) is 29.8 Å². The zero-order chi connectivity index (χ0) is 12.6. The van der Waals surface area contributed by atoms with Gasteiger partial charge in [-0.1, -0.05) is 23.7 Å². The van der Waals surface area contributed by atoms with Gasteiger partial charge < -0.3 is 10.8 Å². The third-order valence-electron chi connectivity index (χ3n) is 2.47. The third-order valence-corrected chi connectivity index (χ3v) is 5.19. The lowest BCUT2D eigenvalue weighted by molar-refractivity contribution is 0.163. The van der Waals surface area contributed by atoms with Crippen LogP contribution < -0.4 is 5.73 Å². The van der Waals surface area contributed by atoms with E-state index in [-0.39, 0.29) is 0 Å². The molecule has 0 aliphatic rings. The quantitative estimate of drug-likeness (QED) is 0.636. The molecule has 1 aromatic carbocycles. The predicted molar refractivity (Wildman–Crippen MR) is 64.9 cm³/mol. The van der Waals surface area contributed by atoms with Crippen molar-refractivity contribution >= 4 is 27.1 Å². The molecule has 90 valence electrons. The van der Waals surface area contributed by atoms with Crippen LogP contribution in [-0.4, -0.2) is 24.0 Å². The van der Waals surface area contributed by atoms with E-state index in [1.807, 2.05) is 0 Å². The predicted octanol–water partition coefficient (Wildman–Crippen LogP) is 1.30. The van der Waals surface area contributed by atoms with E-state index < -0.39 is 20.1 Å². The number of halogens is 1. The average Bonchev–Trinajstić information content (AvgIpc) is 2.16. The number of alkyl halides is 1. The van der Waals surface area contributed by atoms with E-state index in [1.165, 1.54) is 6.92 Å². The highest BCUT2D eigenvalue weighted by Crippen LogP contribution is 2.36. The molecular formula is C10H14ClNO3S. The number of nitrogen functional groups attached to an aromatic ring is 1. The number of aliphatic hydroxyl groups is 1. The standard InChI is InChI=1S/C10H14ClNO3S/c1-10(11,16(2,14)15)9(13)7-3-5-8(12)6-4-7/h3-6,9,13H,12H2,1-2H3/t9-,10-/m0/s1. The van der Waals surface area contributed by atoms with Crippen molar-refractivity contribution in [3.8, 4) is 0 Å². The van der Waals surface area contributed by atoms with Crippen molar-refractivity contribution < 1.29 is 13.5 Å². The molecule has 1 rings (SSSR count). The van der Waals surface area contributed by atoms with Gasteiger partial charge in [0.05, 0.1) is 0 Å². The van der Waals surface area contributed by atoms with Crippen molar-refractivity contribution in [2.75, 3.05) is 12.0 Å². The fourth-order valence-electron chi connectivity index (χ4n) is 1.18. The second-order valence-corrected chi connectivity index (χ2v) is 7.23. The van der Waals surface area contributed by atoms with Gasteiger partial charge in [0.1, 0.15) is 6.10 Å². The maximum Gasteiger partial charge on any atom is 0.172 e. The molecule has 3 N–H and O–H groups in total. The number of benzene rings is 1. The Morgan fingerprint density at radius 1 is 1.38 bits per heavy atom. The summed E-state index contributed by atoms with van der Waals surface area (Å²) in [5.41, 5.74) is 6.44. The van der Waals surface area contributed by atoms with Crippen molar-refractivity contribution in [2.45, 2.75) is 17.2 Å². The molecule has 1 aromatic rings. The van der Waals surface area contributed by atoms with E-state index in [0.717, 1.165) is 6.26 Å². The molecular weight excluding hydrogens is 250 g/mol. The Hall–Kier alpha value is -0.780. The van der Waals surface area contributed by atoms with Gasteiger partial charge in [0.2, 0.25) is 0 Å². The lowest BCUT2D eigenvalue weighted by atomic mass is 10.1. The van der Waals surface area contributed by atoms with Crippen LogP contribution in [0.4, 0.5) is 5.69 Å². The minimum Gasteiger partial charge on any atom is -0.399 e. The summed E-state index contributed by atoms with van der Waals surface area (Å²) in [6, 6.07) is 6.25. The van der Waals surface area contributed by atoms with Crippen LogP contribution >= 0.6 is 11.6 Å². The molecule has 0 aromatic heterocycles. The first kappa shape index (κ1) is 13.3. The van der Waals surface area contributed by atoms with Crippen molar-refractivity contribution in [1.82, 2.24) is 0 Å². The monoisotopic (exact) mass is 263 g/mol. The van der Waals surface area contributed by atoms with E-state index in [2.05, 4.69) is 0 Å². The Kier molecular flexibility index (Phi) is 3.52. The van der Waals surface area contributed by atoms with Gasteiger partial charge in [-0.2, -0.15) is 0 Å². The summed E-state index contributed by atoms with van der Waals surface area (Å²) in [6.07, 6.45) is -0.315. The smallest absolute Gasteiger partial charge is 0.172 e. The molecule has 0 bridgehead atoms. The molecule has 0 spiro atoms. The molecule has 16 heavy (non-hydrogen) atoms. The molecule has 0 saturated heterocycles. The van der Waals surface area contributed by atoms with Gasteiger partial charge in [0.25, 0.3) is 0 Å². The Balaban J connectivity index is 3.12. The van der Waals surface area contributed by atoms with E-state index in [9.17, 15) is 13.5 Å². The topological polar surface area (TPSA) is 80.4 Å². The van der Waals surface area contributed by atoms with E-state index in [1.54, 1.807) is 24.3 Å². The Morgan fingerprint density at radius 2 is 1.81 bits per heavy atom. The van der Waals surface area contributed by atoms with Crippen molar-refractivity contribution in [3.63, 3.8) is 0 Å². The number of hydrogen-bond donors (Lipinski definition) is 2. The maximum absolute atomic E-state index is 11.4. The van der Waals surface area contributed by atoms with E-state index >= 15 is 0 Å².